The van der Waals surface area contributed by atoms with E-state index in [1.54, 1.807) is 6.92 Å². The molecule has 0 aliphatic carbocycles. The van der Waals surface area contributed by atoms with E-state index in [4.69, 9.17) is 9.52 Å². The summed E-state index contributed by atoms with van der Waals surface area (Å²) in [6.07, 6.45) is 1.54. The van der Waals surface area contributed by atoms with E-state index in [1.807, 2.05) is 31.2 Å². The zero-order chi connectivity index (χ0) is 13.8. The molecule has 0 saturated carbocycles. The van der Waals surface area contributed by atoms with E-state index in [2.05, 4.69) is 10.3 Å². The van der Waals surface area contributed by atoms with Crippen LogP contribution in [0.5, 0.6) is 0 Å². The molecule has 0 fully saturated rings. The van der Waals surface area contributed by atoms with Gasteiger partial charge in [0, 0.05) is 12.1 Å². The van der Waals surface area contributed by atoms with Crippen molar-refractivity contribution in [2.75, 3.05) is 0 Å². The minimum absolute atomic E-state index is 0.364. The number of hydrogen-bond acceptors (Lipinski definition) is 4. The van der Waals surface area contributed by atoms with E-state index in [0.717, 1.165) is 5.56 Å². The summed E-state index contributed by atoms with van der Waals surface area (Å²) >= 11 is 0. The van der Waals surface area contributed by atoms with Crippen molar-refractivity contribution in [3.8, 4) is 11.5 Å². The van der Waals surface area contributed by atoms with Crippen LogP contribution in [0.15, 0.2) is 34.9 Å². The van der Waals surface area contributed by atoms with Crippen molar-refractivity contribution in [1.29, 1.82) is 0 Å². The predicted molar refractivity (Wildman–Crippen MR) is 70.6 cm³/mol. The van der Waals surface area contributed by atoms with E-state index in [1.165, 1.54) is 11.8 Å². The second-order valence-electron chi connectivity index (χ2n) is 4.45. The van der Waals surface area contributed by atoms with Crippen LogP contribution in [-0.2, 0) is 11.3 Å². The van der Waals surface area contributed by atoms with Gasteiger partial charge in [0.15, 0.2) is 0 Å². The summed E-state index contributed by atoms with van der Waals surface area (Å²) in [4.78, 5) is 15.0. The highest BCUT2D eigenvalue weighted by atomic mass is 16.4. The van der Waals surface area contributed by atoms with Crippen LogP contribution >= 0.6 is 0 Å². The van der Waals surface area contributed by atoms with Crippen LogP contribution in [-0.4, -0.2) is 22.1 Å². The first-order valence-electron chi connectivity index (χ1n) is 6.04. The Morgan fingerprint density at radius 2 is 2.11 bits per heavy atom. The van der Waals surface area contributed by atoms with Gasteiger partial charge in [-0.05, 0) is 26.0 Å². The molecule has 1 aromatic heterocycles. The molecular formula is C14H16N2O3. The Kier molecular flexibility index (Phi) is 3.97. The number of benzene rings is 1. The van der Waals surface area contributed by atoms with E-state index in [0.29, 0.717) is 18.1 Å². The Balaban J connectivity index is 2.03. The SMILES string of the molecule is Cc1ccc(-c2nc(CNC(C)C(=O)O)co2)cc1. The van der Waals surface area contributed by atoms with Crippen molar-refractivity contribution in [3.05, 3.63) is 41.8 Å². The average Bonchev–Trinajstić information content (AvgIpc) is 2.85. The number of aromatic nitrogens is 1. The number of aliphatic carboxylic acids is 1. The maximum atomic E-state index is 10.7. The van der Waals surface area contributed by atoms with E-state index >= 15 is 0 Å². The first-order chi connectivity index (χ1) is 9.06. The van der Waals surface area contributed by atoms with E-state index in [9.17, 15) is 4.79 Å². The smallest absolute Gasteiger partial charge is 0.320 e. The summed E-state index contributed by atoms with van der Waals surface area (Å²) in [6.45, 7) is 3.97. The zero-order valence-corrected chi connectivity index (χ0v) is 10.9. The molecule has 1 heterocycles. The van der Waals surface area contributed by atoms with Gasteiger partial charge in [0.05, 0.1) is 5.69 Å². The Morgan fingerprint density at radius 1 is 1.42 bits per heavy atom. The minimum atomic E-state index is -0.887. The minimum Gasteiger partial charge on any atom is -0.480 e. The fourth-order valence-electron chi connectivity index (χ4n) is 1.56. The lowest BCUT2D eigenvalue weighted by atomic mass is 10.1. The number of rotatable bonds is 5. The molecule has 0 spiro atoms. The molecule has 2 aromatic rings. The van der Waals surface area contributed by atoms with Crippen molar-refractivity contribution in [1.82, 2.24) is 10.3 Å². The van der Waals surface area contributed by atoms with Crippen molar-refractivity contribution < 1.29 is 14.3 Å². The largest absolute Gasteiger partial charge is 0.480 e. The Labute approximate surface area is 111 Å². The van der Waals surface area contributed by atoms with Crippen LogP contribution in [0.25, 0.3) is 11.5 Å². The monoisotopic (exact) mass is 260 g/mol. The van der Waals surface area contributed by atoms with Crippen LogP contribution < -0.4 is 5.32 Å². The molecule has 1 unspecified atom stereocenters. The van der Waals surface area contributed by atoms with Gasteiger partial charge >= 0.3 is 5.97 Å². The molecule has 2 rings (SSSR count). The highest BCUT2D eigenvalue weighted by Gasteiger charge is 2.11. The van der Waals surface area contributed by atoms with Crippen LogP contribution in [0, 0.1) is 6.92 Å². The lowest BCUT2D eigenvalue weighted by Gasteiger charge is -2.05. The van der Waals surface area contributed by atoms with Crippen LogP contribution in [0.2, 0.25) is 0 Å². The lowest BCUT2D eigenvalue weighted by Crippen LogP contribution is -2.33. The van der Waals surface area contributed by atoms with E-state index < -0.39 is 12.0 Å². The molecule has 100 valence electrons. The van der Waals surface area contributed by atoms with Crippen molar-refractivity contribution in [3.63, 3.8) is 0 Å². The molecule has 0 aliphatic rings. The first-order valence-corrected chi connectivity index (χ1v) is 6.04. The Bertz CT molecular complexity index is 560. The van der Waals surface area contributed by atoms with Gasteiger partial charge in [0.2, 0.25) is 5.89 Å². The molecule has 0 radical (unpaired) electrons. The van der Waals surface area contributed by atoms with Crippen LogP contribution in [0.4, 0.5) is 0 Å². The van der Waals surface area contributed by atoms with Gasteiger partial charge in [0.1, 0.15) is 12.3 Å². The molecular weight excluding hydrogens is 244 g/mol. The van der Waals surface area contributed by atoms with Gasteiger partial charge in [-0.3, -0.25) is 10.1 Å². The third kappa shape index (κ3) is 3.42. The molecule has 0 amide bonds. The lowest BCUT2D eigenvalue weighted by molar-refractivity contribution is -0.139. The zero-order valence-electron chi connectivity index (χ0n) is 10.9. The average molecular weight is 260 g/mol. The molecule has 5 nitrogen and oxygen atoms in total. The van der Waals surface area contributed by atoms with Gasteiger partial charge in [-0.15, -0.1) is 0 Å². The molecule has 0 aliphatic heterocycles. The molecule has 2 N–H and O–H groups in total. The fourth-order valence-corrected chi connectivity index (χ4v) is 1.56. The molecule has 1 aromatic carbocycles. The number of carboxylic acid groups (broad SMARTS) is 1. The summed E-state index contributed by atoms with van der Waals surface area (Å²) in [5.74, 6) is -0.345. The van der Waals surface area contributed by atoms with Gasteiger partial charge < -0.3 is 9.52 Å². The highest BCUT2D eigenvalue weighted by Crippen LogP contribution is 2.18. The standard InChI is InChI=1S/C14H16N2O3/c1-9-3-5-11(6-4-9)13-16-12(8-19-13)7-15-10(2)14(17)18/h3-6,8,10,15H,7H2,1-2H3,(H,17,18). The highest BCUT2D eigenvalue weighted by molar-refractivity contribution is 5.72. The van der Waals surface area contributed by atoms with Crippen molar-refractivity contribution >= 4 is 5.97 Å². The van der Waals surface area contributed by atoms with Crippen molar-refractivity contribution in [2.24, 2.45) is 0 Å². The molecule has 19 heavy (non-hydrogen) atoms. The van der Waals surface area contributed by atoms with Gasteiger partial charge in [-0.25, -0.2) is 4.98 Å². The third-order valence-electron chi connectivity index (χ3n) is 2.81. The number of hydrogen-bond donors (Lipinski definition) is 2. The van der Waals surface area contributed by atoms with E-state index in [-0.39, 0.29) is 0 Å². The number of nitrogens with zero attached hydrogens (tertiary/aromatic N) is 1. The van der Waals surface area contributed by atoms with Gasteiger partial charge in [0.25, 0.3) is 0 Å². The van der Waals surface area contributed by atoms with Crippen molar-refractivity contribution in [2.45, 2.75) is 26.4 Å². The summed E-state index contributed by atoms with van der Waals surface area (Å²) in [5.41, 5.74) is 2.76. The number of carbonyl (C=O) groups is 1. The molecule has 5 heteroatoms. The second kappa shape index (κ2) is 5.67. The van der Waals surface area contributed by atoms with Crippen LogP contribution in [0.3, 0.4) is 0 Å². The number of aryl methyl sites for hydroxylation is 1. The molecule has 1 atom stereocenters. The maximum Gasteiger partial charge on any atom is 0.320 e. The first kappa shape index (κ1) is 13.3. The second-order valence-corrected chi connectivity index (χ2v) is 4.45. The van der Waals surface area contributed by atoms with Crippen LogP contribution in [0.1, 0.15) is 18.2 Å². The number of oxazole rings is 1. The normalized spacial score (nSPS) is 12.3. The number of carboxylic acids is 1. The maximum absolute atomic E-state index is 10.7. The van der Waals surface area contributed by atoms with Gasteiger partial charge in [-0.2, -0.15) is 0 Å². The summed E-state index contributed by atoms with van der Waals surface area (Å²) < 4.78 is 5.38. The molecule has 0 bridgehead atoms. The fraction of sp³-hybridized carbons (Fsp3) is 0.286. The predicted octanol–water partition coefficient (Wildman–Crippen LogP) is 2.21. The summed E-state index contributed by atoms with van der Waals surface area (Å²) in [6, 6.07) is 7.25. The Morgan fingerprint density at radius 3 is 2.74 bits per heavy atom. The quantitative estimate of drug-likeness (QED) is 0.862. The topological polar surface area (TPSA) is 75.4 Å². The van der Waals surface area contributed by atoms with Gasteiger partial charge in [-0.1, -0.05) is 17.7 Å². The third-order valence-corrected chi connectivity index (χ3v) is 2.81. The number of nitrogens with one attached hydrogen (secondary N) is 1. The Hall–Kier alpha value is -2.14. The molecule has 0 saturated heterocycles. The summed E-state index contributed by atoms with van der Waals surface area (Å²) in [5, 5.41) is 11.6. The summed E-state index contributed by atoms with van der Waals surface area (Å²) in [7, 11) is 0.